The molecule has 126 valence electrons. The van der Waals surface area contributed by atoms with Crippen molar-refractivity contribution in [2.75, 3.05) is 19.6 Å². The molecule has 1 aliphatic rings. The molecule has 6 nitrogen and oxygen atoms in total. The van der Waals surface area contributed by atoms with Gasteiger partial charge in [0, 0.05) is 31.2 Å². The molecule has 0 aliphatic carbocycles. The van der Waals surface area contributed by atoms with E-state index >= 15 is 0 Å². The molecule has 23 heavy (non-hydrogen) atoms. The molecule has 6 heteroatoms. The van der Waals surface area contributed by atoms with Crippen LogP contribution < -0.4 is 0 Å². The van der Waals surface area contributed by atoms with Crippen molar-refractivity contribution in [3.8, 4) is 5.69 Å². The topological polar surface area (TPSA) is 59.1 Å². The molecule has 2 aromatic heterocycles. The highest BCUT2D eigenvalue weighted by molar-refractivity contribution is 5.26. The summed E-state index contributed by atoms with van der Waals surface area (Å²) in [5.41, 5.74) is 2.13. The number of rotatable bonds is 4. The zero-order valence-corrected chi connectivity index (χ0v) is 14.3. The molecule has 0 radical (unpaired) electrons. The summed E-state index contributed by atoms with van der Waals surface area (Å²) < 4.78 is 3.86. The van der Waals surface area contributed by atoms with E-state index in [1.165, 1.54) is 0 Å². The van der Waals surface area contributed by atoms with Gasteiger partial charge in [-0.05, 0) is 18.9 Å². The number of hydrogen-bond acceptors (Lipinski definition) is 4. The van der Waals surface area contributed by atoms with E-state index in [0.717, 1.165) is 50.4 Å². The van der Waals surface area contributed by atoms with Gasteiger partial charge in [-0.15, -0.1) is 0 Å². The van der Waals surface area contributed by atoms with E-state index in [-0.39, 0.29) is 11.5 Å². The van der Waals surface area contributed by atoms with Crippen LogP contribution in [-0.4, -0.2) is 55.3 Å². The highest BCUT2D eigenvalue weighted by atomic mass is 16.3. The van der Waals surface area contributed by atoms with Gasteiger partial charge in [0.05, 0.1) is 30.7 Å². The van der Waals surface area contributed by atoms with E-state index in [0.29, 0.717) is 0 Å². The molecular formula is C17H27N5O. The first-order valence-corrected chi connectivity index (χ1v) is 8.41. The predicted molar refractivity (Wildman–Crippen MR) is 89.7 cm³/mol. The monoisotopic (exact) mass is 317 g/mol. The van der Waals surface area contributed by atoms with Crippen LogP contribution in [-0.2, 0) is 12.0 Å². The Balaban J connectivity index is 1.59. The van der Waals surface area contributed by atoms with Gasteiger partial charge in [-0.3, -0.25) is 4.68 Å². The first-order chi connectivity index (χ1) is 10.9. The zero-order chi connectivity index (χ0) is 16.4. The van der Waals surface area contributed by atoms with Crippen molar-refractivity contribution in [2.45, 2.75) is 51.7 Å². The summed E-state index contributed by atoms with van der Waals surface area (Å²) in [6.45, 7) is 10.3. The zero-order valence-electron chi connectivity index (χ0n) is 14.3. The fraction of sp³-hybridized carbons (Fsp3) is 0.647. The molecule has 0 spiro atoms. The summed E-state index contributed by atoms with van der Waals surface area (Å²) in [4.78, 5) is 2.39. The van der Waals surface area contributed by atoms with Gasteiger partial charge < -0.3 is 10.0 Å². The number of piperidine rings is 1. The van der Waals surface area contributed by atoms with E-state index in [4.69, 9.17) is 0 Å². The molecule has 0 unspecified atom stereocenters. The molecule has 0 bridgehead atoms. The molecule has 0 aromatic carbocycles. The molecule has 0 saturated carbocycles. The third-order valence-electron chi connectivity index (χ3n) is 4.44. The number of aromatic nitrogens is 4. The molecule has 1 N–H and O–H groups in total. The first kappa shape index (κ1) is 16.2. The maximum absolute atomic E-state index is 9.55. The fourth-order valence-electron chi connectivity index (χ4n) is 2.85. The van der Waals surface area contributed by atoms with Crippen molar-refractivity contribution in [1.29, 1.82) is 0 Å². The van der Waals surface area contributed by atoms with Gasteiger partial charge in [0.25, 0.3) is 0 Å². The average Bonchev–Trinajstić information content (AvgIpc) is 3.15. The normalized spacial score (nSPS) is 17.7. The minimum absolute atomic E-state index is 0.0556. The van der Waals surface area contributed by atoms with E-state index < -0.39 is 0 Å². The van der Waals surface area contributed by atoms with Crippen LogP contribution in [0.15, 0.2) is 24.7 Å². The average molecular weight is 317 g/mol. The largest absolute Gasteiger partial charge is 0.393 e. The van der Waals surface area contributed by atoms with E-state index in [2.05, 4.69) is 41.9 Å². The first-order valence-electron chi connectivity index (χ1n) is 8.41. The summed E-state index contributed by atoms with van der Waals surface area (Å²) in [6.07, 6.45) is 7.55. The van der Waals surface area contributed by atoms with Crippen molar-refractivity contribution in [3.05, 3.63) is 30.4 Å². The van der Waals surface area contributed by atoms with Crippen LogP contribution >= 0.6 is 0 Å². The fourth-order valence-corrected chi connectivity index (χ4v) is 2.85. The standard InChI is InChI=1S/C17H27N5O/c1-17(2,3)16-6-9-22(19-16)14-12-18-21(13-14)11-10-20-7-4-15(23)5-8-20/h6,9,12-13,15,23H,4-5,7-8,10-11H2,1-3H3. The van der Waals surface area contributed by atoms with Crippen molar-refractivity contribution in [2.24, 2.45) is 0 Å². The Hall–Kier alpha value is -1.66. The third kappa shape index (κ3) is 4.00. The summed E-state index contributed by atoms with van der Waals surface area (Å²) in [7, 11) is 0. The highest BCUT2D eigenvalue weighted by Gasteiger charge is 2.18. The quantitative estimate of drug-likeness (QED) is 0.934. The predicted octanol–water partition coefficient (Wildman–Crippen LogP) is 1.82. The number of nitrogens with zero attached hydrogens (tertiary/aromatic N) is 5. The van der Waals surface area contributed by atoms with Crippen LogP contribution in [0.4, 0.5) is 0 Å². The van der Waals surface area contributed by atoms with E-state index in [1.807, 2.05) is 28.0 Å². The van der Waals surface area contributed by atoms with Crippen LogP contribution in [0.25, 0.3) is 5.69 Å². The van der Waals surface area contributed by atoms with Crippen molar-refractivity contribution in [1.82, 2.24) is 24.5 Å². The lowest BCUT2D eigenvalue weighted by molar-refractivity contribution is 0.0805. The third-order valence-corrected chi connectivity index (χ3v) is 4.44. The van der Waals surface area contributed by atoms with Crippen LogP contribution in [0.3, 0.4) is 0 Å². The van der Waals surface area contributed by atoms with Crippen LogP contribution in [0.1, 0.15) is 39.3 Å². The SMILES string of the molecule is CC(C)(C)c1ccn(-c2cnn(CCN3CCC(O)CC3)c2)n1. The summed E-state index contributed by atoms with van der Waals surface area (Å²) in [5.74, 6) is 0. The smallest absolute Gasteiger partial charge is 0.102 e. The highest BCUT2D eigenvalue weighted by Crippen LogP contribution is 2.20. The number of hydrogen-bond donors (Lipinski definition) is 1. The molecule has 3 rings (SSSR count). The van der Waals surface area contributed by atoms with Gasteiger partial charge in [0.15, 0.2) is 0 Å². The summed E-state index contributed by atoms with van der Waals surface area (Å²) >= 11 is 0. The Morgan fingerprint density at radius 3 is 2.61 bits per heavy atom. The second kappa shape index (κ2) is 6.45. The van der Waals surface area contributed by atoms with Gasteiger partial charge >= 0.3 is 0 Å². The Bertz CT molecular complexity index is 631. The molecule has 0 amide bonds. The van der Waals surface area contributed by atoms with Gasteiger partial charge in [-0.1, -0.05) is 20.8 Å². The molecule has 1 saturated heterocycles. The molecular weight excluding hydrogens is 290 g/mol. The van der Waals surface area contributed by atoms with Gasteiger partial charge in [-0.2, -0.15) is 10.2 Å². The lowest BCUT2D eigenvalue weighted by atomic mass is 9.93. The Morgan fingerprint density at radius 2 is 1.96 bits per heavy atom. The van der Waals surface area contributed by atoms with Crippen LogP contribution in [0, 0.1) is 0 Å². The van der Waals surface area contributed by atoms with Crippen molar-refractivity contribution < 1.29 is 5.11 Å². The maximum Gasteiger partial charge on any atom is 0.102 e. The minimum atomic E-state index is -0.112. The van der Waals surface area contributed by atoms with Gasteiger partial charge in [0.2, 0.25) is 0 Å². The molecule has 3 heterocycles. The van der Waals surface area contributed by atoms with Crippen molar-refractivity contribution in [3.63, 3.8) is 0 Å². The molecule has 2 aromatic rings. The lowest BCUT2D eigenvalue weighted by Crippen LogP contribution is -2.37. The summed E-state index contributed by atoms with van der Waals surface area (Å²) in [6, 6.07) is 2.07. The molecule has 0 atom stereocenters. The molecule has 1 fully saturated rings. The number of aliphatic hydroxyl groups excluding tert-OH is 1. The second-order valence-corrected chi connectivity index (χ2v) is 7.43. The Morgan fingerprint density at radius 1 is 1.22 bits per heavy atom. The van der Waals surface area contributed by atoms with E-state index in [9.17, 15) is 5.11 Å². The van der Waals surface area contributed by atoms with Crippen LogP contribution in [0.5, 0.6) is 0 Å². The van der Waals surface area contributed by atoms with E-state index in [1.54, 1.807) is 0 Å². The minimum Gasteiger partial charge on any atom is -0.393 e. The Labute approximate surface area is 137 Å². The summed E-state index contributed by atoms with van der Waals surface area (Å²) in [5, 5.41) is 18.6. The second-order valence-electron chi connectivity index (χ2n) is 7.43. The van der Waals surface area contributed by atoms with Gasteiger partial charge in [-0.25, -0.2) is 4.68 Å². The van der Waals surface area contributed by atoms with Crippen LogP contribution in [0.2, 0.25) is 0 Å². The van der Waals surface area contributed by atoms with Crippen molar-refractivity contribution >= 4 is 0 Å². The number of likely N-dealkylation sites (tertiary alicyclic amines) is 1. The number of aliphatic hydroxyl groups is 1. The maximum atomic E-state index is 9.55. The molecule has 1 aliphatic heterocycles. The Kier molecular flexibility index (Phi) is 4.55. The lowest BCUT2D eigenvalue weighted by Gasteiger charge is -2.29. The van der Waals surface area contributed by atoms with Gasteiger partial charge in [0.1, 0.15) is 5.69 Å².